The maximum Gasteiger partial charge on any atom is 0.0314 e. The molecule has 0 aliphatic carbocycles. The molecule has 0 aromatic heterocycles. The highest BCUT2D eigenvalue weighted by Crippen LogP contribution is 2.15. The summed E-state index contributed by atoms with van der Waals surface area (Å²) in [6.07, 6.45) is 1.17. The molecule has 21 heavy (non-hydrogen) atoms. The van der Waals surface area contributed by atoms with E-state index in [1.807, 2.05) is 12.1 Å². The molecule has 0 unspecified atom stereocenters. The van der Waals surface area contributed by atoms with Crippen LogP contribution in [0.5, 0.6) is 0 Å². The van der Waals surface area contributed by atoms with Crippen LogP contribution in [-0.2, 0) is 13.1 Å². The molecule has 0 heterocycles. The molecular formula is C19H26N2. The Bertz CT molecular complexity index is 573. The zero-order valence-corrected chi connectivity index (χ0v) is 13.4. The highest BCUT2D eigenvalue weighted by molar-refractivity contribution is 5.39. The third-order valence-corrected chi connectivity index (χ3v) is 3.90. The van der Waals surface area contributed by atoms with Crippen molar-refractivity contribution in [2.75, 3.05) is 12.3 Å². The van der Waals surface area contributed by atoms with Gasteiger partial charge in [0.05, 0.1) is 0 Å². The first-order valence-electron chi connectivity index (χ1n) is 7.71. The number of hydrogen-bond donors (Lipinski definition) is 1. The van der Waals surface area contributed by atoms with Crippen LogP contribution in [0.3, 0.4) is 0 Å². The van der Waals surface area contributed by atoms with E-state index in [1.165, 1.54) is 28.7 Å². The smallest absolute Gasteiger partial charge is 0.0314 e. The fourth-order valence-corrected chi connectivity index (χ4v) is 2.57. The summed E-state index contributed by atoms with van der Waals surface area (Å²) < 4.78 is 0. The predicted molar refractivity (Wildman–Crippen MR) is 91.2 cm³/mol. The molecule has 0 saturated carbocycles. The summed E-state index contributed by atoms with van der Waals surface area (Å²) in [5.41, 5.74) is 12.0. The quantitative estimate of drug-likeness (QED) is 0.800. The van der Waals surface area contributed by atoms with Crippen LogP contribution in [0.4, 0.5) is 5.69 Å². The number of aryl methyl sites for hydroxylation is 2. The summed E-state index contributed by atoms with van der Waals surface area (Å²) in [5.74, 6) is 0. The van der Waals surface area contributed by atoms with Crippen molar-refractivity contribution in [3.63, 3.8) is 0 Å². The Hall–Kier alpha value is -1.80. The van der Waals surface area contributed by atoms with E-state index in [9.17, 15) is 0 Å². The van der Waals surface area contributed by atoms with Crippen LogP contribution in [0.1, 0.15) is 35.6 Å². The number of nitrogens with zero attached hydrogens (tertiary/aromatic N) is 1. The lowest BCUT2D eigenvalue weighted by molar-refractivity contribution is 0.257. The molecule has 2 nitrogen and oxygen atoms in total. The number of hydrogen-bond acceptors (Lipinski definition) is 2. The van der Waals surface area contributed by atoms with Crippen LogP contribution in [0.2, 0.25) is 0 Å². The van der Waals surface area contributed by atoms with E-state index in [0.29, 0.717) is 0 Å². The second-order valence-electron chi connectivity index (χ2n) is 5.87. The van der Waals surface area contributed by atoms with E-state index in [-0.39, 0.29) is 0 Å². The highest BCUT2D eigenvalue weighted by Gasteiger charge is 2.07. The van der Waals surface area contributed by atoms with Crippen LogP contribution < -0.4 is 5.73 Å². The minimum Gasteiger partial charge on any atom is -0.399 e. The highest BCUT2D eigenvalue weighted by atomic mass is 15.1. The van der Waals surface area contributed by atoms with Crippen molar-refractivity contribution in [1.82, 2.24) is 4.90 Å². The van der Waals surface area contributed by atoms with Crippen molar-refractivity contribution in [2.24, 2.45) is 0 Å². The molecule has 2 rings (SSSR count). The van der Waals surface area contributed by atoms with Crippen LogP contribution in [-0.4, -0.2) is 11.4 Å². The van der Waals surface area contributed by atoms with Crippen LogP contribution in [0, 0.1) is 13.8 Å². The Balaban J connectivity index is 2.07. The summed E-state index contributed by atoms with van der Waals surface area (Å²) in [6.45, 7) is 9.66. The van der Waals surface area contributed by atoms with E-state index in [1.54, 1.807) is 0 Å². The van der Waals surface area contributed by atoms with Crippen molar-refractivity contribution in [3.05, 3.63) is 64.7 Å². The third kappa shape index (κ3) is 4.61. The van der Waals surface area contributed by atoms with Crippen molar-refractivity contribution in [1.29, 1.82) is 0 Å². The normalized spacial score (nSPS) is 11.0. The van der Waals surface area contributed by atoms with Gasteiger partial charge in [-0.2, -0.15) is 0 Å². The summed E-state index contributed by atoms with van der Waals surface area (Å²) in [4.78, 5) is 2.50. The fourth-order valence-electron chi connectivity index (χ4n) is 2.57. The summed E-state index contributed by atoms with van der Waals surface area (Å²) in [5, 5.41) is 0. The summed E-state index contributed by atoms with van der Waals surface area (Å²) in [6, 6.07) is 15.0. The third-order valence-electron chi connectivity index (χ3n) is 3.90. The Kier molecular flexibility index (Phi) is 5.40. The number of benzene rings is 2. The first-order chi connectivity index (χ1) is 10.1. The van der Waals surface area contributed by atoms with Gasteiger partial charge in [0.25, 0.3) is 0 Å². The van der Waals surface area contributed by atoms with Gasteiger partial charge in [0.1, 0.15) is 0 Å². The van der Waals surface area contributed by atoms with Gasteiger partial charge in [-0.1, -0.05) is 37.3 Å². The molecule has 0 amide bonds. The molecule has 0 fully saturated rings. The first kappa shape index (κ1) is 15.6. The van der Waals surface area contributed by atoms with Gasteiger partial charge in [-0.3, -0.25) is 4.90 Å². The largest absolute Gasteiger partial charge is 0.399 e. The van der Waals surface area contributed by atoms with Crippen LogP contribution in [0.25, 0.3) is 0 Å². The molecule has 2 aromatic carbocycles. The van der Waals surface area contributed by atoms with Crippen molar-refractivity contribution >= 4 is 5.69 Å². The number of anilines is 1. The molecular weight excluding hydrogens is 256 g/mol. The molecule has 0 saturated heterocycles. The lowest BCUT2D eigenvalue weighted by atomic mass is 10.1. The molecule has 2 heteroatoms. The zero-order valence-electron chi connectivity index (χ0n) is 13.4. The van der Waals surface area contributed by atoms with Crippen molar-refractivity contribution in [3.8, 4) is 0 Å². The van der Waals surface area contributed by atoms with Gasteiger partial charge in [-0.15, -0.1) is 0 Å². The van der Waals surface area contributed by atoms with Crippen molar-refractivity contribution in [2.45, 2.75) is 40.3 Å². The predicted octanol–water partition coefficient (Wildman–Crippen LogP) is 4.30. The molecule has 0 radical (unpaired) electrons. The van der Waals surface area contributed by atoms with Gasteiger partial charge in [0, 0.05) is 18.8 Å². The second kappa shape index (κ2) is 7.28. The Morgan fingerprint density at radius 1 is 0.857 bits per heavy atom. The van der Waals surface area contributed by atoms with Crippen LogP contribution >= 0.6 is 0 Å². The minimum absolute atomic E-state index is 0.829. The topological polar surface area (TPSA) is 29.3 Å². The maximum absolute atomic E-state index is 5.76. The Labute approximate surface area is 128 Å². The molecule has 0 aliphatic heterocycles. The fraction of sp³-hybridized carbons (Fsp3) is 0.368. The molecule has 112 valence electrons. The van der Waals surface area contributed by atoms with E-state index in [0.717, 1.165) is 25.3 Å². The van der Waals surface area contributed by atoms with Gasteiger partial charge < -0.3 is 5.73 Å². The van der Waals surface area contributed by atoms with Gasteiger partial charge in [0.2, 0.25) is 0 Å². The number of rotatable bonds is 6. The van der Waals surface area contributed by atoms with Gasteiger partial charge in [-0.05, 0) is 61.2 Å². The summed E-state index contributed by atoms with van der Waals surface area (Å²) >= 11 is 0. The molecule has 0 aliphatic rings. The first-order valence-corrected chi connectivity index (χ1v) is 7.71. The monoisotopic (exact) mass is 282 g/mol. The van der Waals surface area contributed by atoms with Gasteiger partial charge in [-0.25, -0.2) is 0 Å². The van der Waals surface area contributed by atoms with E-state index in [4.69, 9.17) is 5.73 Å². The minimum atomic E-state index is 0.829. The molecule has 2 N–H and O–H groups in total. The average Bonchev–Trinajstić information content (AvgIpc) is 2.46. The number of nitrogens with two attached hydrogens (primary N) is 1. The lowest BCUT2D eigenvalue weighted by Gasteiger charge is -2.22. The number of nitrogen functional groups attached to an aromatic ring is 1. The maximum atomic E-state index is 5.76. The van der Waals surface area contributed by atoms with Crippen molar-refractivity contribution < 1.29 is 0 Å². The van der Waals surface area contributed by atoms with E-state index >= 15 is 0 Å². The standard InChI is InChI=1S/C19H26N2/c1-4-11-21(13-17-7-9-19(20)10-8-17)14-18-6-5-15(2)16(3)12-18/h5-10,12H,4,11,13-14,20H2,1-3H3. The molecule has 0 bridgehead atoms. The van der Waals surface area contributed by atoms with E-state index < -0.39 is 0 Å². The van der Waals surface area contributed by atoms with E-state index in [2.05, 4.69) is 56.0 Å². The molecule has 0 spiro atoms. The van der Waals surface area contributed by atoms with Gasteiger partial charge >= 0.3 is 0 Å². The van der Waals surface area contributed by atoms with Gasteiger partial charge in [0.15, 0.2) is 0 Å². The second-order valence-corrected chi connectivity index (χ2v) is 5.87. The zero-order chi connectivity index (χ0) is 15.2. The Morgan fingerprint density at radius 2 is 1.48 bits per heavy atom. The van der Waals surface area contributed by atoms with Crippen LogP contribution in [0.15, 0.2) is 42.5 Å². The SMILES string of the molecule is CCCN(Cc1ccc(N)cc1)Cc1ccc(C)c(C)c1. The summed E-state index contributed by atoms with van der Waals surface area (Å²) in [7, 11) is 0. The molecule has 2 aromatic rings. The Morgan fingerprint density at radius 3 is 2.10 bits per heavy atom. The lowest BCUT2D eigenvalue weighted by Crippen LogP contribution is -2.23. The molecule has 0 atom stereocenters. The average molecular weight is 282 g/mol.